The van der Waals surface area contributed by atoms with E-state index in [4.69, 9.17) is 10.2 Å². The summed E-state index contributed by atoms with van der Waals surface area (Å²) in [5.74, 6) is 6.33. The van der Waals surface area contributed by atoms with Gasteiger partial charge in [-0.3, -0.25) is 4.90 Å². The second-order valence-electron chi connectivity index (χ2n) is 6.94. The fourth-order valence-electron chi connectivity index (χ4n) is 4.05. The Labute approximate surface area is 151 Å². The molecule has 1 atom stereocenters. The molecular formula is C21H31NO3. The number of nitrogens with zero attached hydrogens (tertiary/aromatic N) is 1. The maximum atomic E-state index is 11.7. The summed E-state index contributed by atoms with van der Waals surface area (Å²) in [5, 5.41) is 30.0. The third kappa shape index (κ3) is 4.43. The standard InChI is InChI=1S/C21H31NO3/c1-2-20(11-6-7-12-20)21(25,19-9-4-3-5-10-19)13-8-14-22(15-17-23)16-18-24/h3-5,9-10,23-25H,2,6-7,11-12,14-18H2,1H3/t21-/m1/s1. The van der Waals surface area contributed by atoms with Gasteiger partial charge >= 0.3 is 0 Å². The normalized spacial score (nSPS) is 18.6. The smallest absolute Gasteiger partial charge is 0.156 e. The molecule has 4 nitrogen and oxygen atoms in total. The highest BCUT2D eigenvalue weighted by Gasteiger charge is 2.50. The van der Waals surface area contributed by atoms with Crippen LogP contribution in [0.25, 0.3) is 0 Å². The van der Waals surface area contributed by atoms with Gasteiger partial charge in [-0.05, 0) is 24.8 Å². The van der Waals surface area contributed by atoms with Crippen molar-refractivity contribution in [2.24, 2.45) is 5.41 Å². The highest BCUT2D eigenvalue weighted by Crippen LogP contribution is 2.53. The third-order valence-corrected chi connectivity index (χ3v) is 5.60. The molecule has 0 amide bonds. The van der Waals surface area contributed by atoms with Crippen molar-refractivity contribution in [3.63, 3.8) is 0 Å². The van der Waals surface area contributed by atoms with E-state index in [-0.39, 0.29) is 18.6 Å². The fraction of sp³-hybridized carbons (Fsp3) is 0.619. The minimum absolute atomic E-state index is 0.0313. The van der Waals surface area contributed by atoms with E-state index in [1.165, 1.54) is 0 Å². The summed E-state index contributed by atoms with van der Waals surface area (Å²) in [5.41, 5.74) is -0.508. The zero-order chi connectivity index (χ0) is 18.2. The number of hydrogen-bond donors (Lipinski definition) is 3. The predicted molar refractivity (Wildman–Crippen MR) is 99.9 cm³/mol. The summed E-state index contributed by atoms with van der Waals surface area (Å²) in [6, 6.07) is 9.77. The Hall–Kier alpha value is -1.38. The zero-order valence-corrected chi connectivity index (χ0v) is 15.2. The van der Waals surface area contributed by atoms with Gasteiger partial charge in [-0.2, -0.15) is 0 Å². The number of aliphatic hydroxyl groups excluding tert-OH is 2. The molecule has 1 saturated carbocycles. The predicted octanol–water partition coefficient (Wildman–Crippen LogP) is 2.13. The van der Waals surface area contributed by atoms with Crippen LogP contribution in [0.15, 0.2) is 30.3 Å². The first kappa shape index (κ1) is 19.9. The number of benzene rings is 1. The Morgan fingerprint density at radius 2 is 1.68 bits per heavy atom. The quantitative estimate of drug-likeness (QED) is 0.632. The van der Waals surface area contributed by atoms with Gasteiger partial charge in [-0.15, -0.1) is 0 Å². The van der Waals surface area contributed by atoms with Crippen molar-refractivity contribution in [3.8, 4) is 11.8 Å². The zero-order valence-electron chi connectivity index (χ0n) is 15.2. The van der Waals surface area contributed by atoms with Crippen LogP contribution in [-0.4, -0.2) is 53.1 Å². The van der Waals surface area contributed by atoms with Crippen molar-refractivity contribution in [1.29, 1.82) is 0 Å². The largest absolute Gasteiger partial charge is 0.395 e. The Morgan fingerprint density at radius 1 is 1.08 bits per heavy atom. The van der Waals surface area contributed by atoms with Crippen molar-refractivity contribution in [1.82, 2.24) is 4.90 Å². The molecule has 0 aliphatic heterocycles. The van der Waals surface area contributed by atoms with Crippen molar-refractivity contribution in [3.05, 3.63) is 35.9 Å². The van der Waals surface area contributed by atoms with E-state index in [9.17, 15) is 5.11 Å². The summed E-state index contributed by atoms with van der Waals surface area (Å²) < 4.78 is 0. The molecule has 1 aromatic rings. The molecule has 1 aliphatic rings. The van der Waals surface area contributed by atoms with Crippen molar-refractivity contribution < 1.29 is 15.3 Å². The van der Waals surface area contributed by atoms with Gasteiger partial charge in [0.25, 0.3) is 0 Å². The highest BCUT2D eigenvalue weighted by molar-refractivity contribution is 5.36. The molecule has 2 rings (SSSR count). The molecule has 0 spiro atoms. The van der Waals surface area contributed by atoms with Crippen LogP contribution in [0.5, 0.6) is 0 Å². The minimum atomic E-state index is -1.16. The van der Waals surface area contributed by atoms with E-state index in [1.54, 1.807) is 0 Å². The van der Waals surface area contributed by atoms with Gasteiger partial charge < -0.3 is 15.3 Å². The lowest BCUT2D eigenvalue weighted by Gasteiger charge is -2.42. The summed E-state index contributed by atoms with van der Waals surface area (Å²) in [6.45, 7) is 3.57. The lowest BCUT2D eigenvalue weighted by atomic mass is 9.65. The monoisotopic (exact) mass is 345 g/mol. The van der Waals surface area contributed by atoms with Gasteiger partial charge in [-0.25, -0.2) is 0 Å². The first-order valence-electron chi connectivity index (χ1n) is 9.34. The molecule has 0 aromatic heterocycles. The summed E-state index contributed by atoms with van der Waals surface area (Å²) >= 11 is 0. The molecule has 0 radical (unpaired) electrons. The van der Waals surface area contributed by atoms with Crippen LogP contribution in [0, 0.1) is 17.3 Å². The summed E-state index contributed by atoms with van der Waals surface area (Å²) in [4.78, 5) is 1.89. The summed E-state index contributed by atoms with van der Waals surface area (Å²) in [6.07, 6.45) is 5.13. The fourth-order valence-corrected chi connectivity index (χ4v) is 4.05. The molecule has 1 aromatic carbocycles. The van der Waals surface area contributed by atoms with E-state index >= 15 is 0 Å². The Morgan fingerprint density at radius 3 is 2.20 bits per heavy atom. The van der Waals surface area contributed by atoms with E-state index in [1.807, 2.05) is 35.2 Å². The number of hydrogen-bond acceptors (Lipinski definition) is 4. The Balaban J connectivity index is 2.32. The van der Waals surface area contributed by atoms with Crippen LogP contribution >= 0.6 is 0 Å². The van der Waals surface area contributed by atoms with Gasteiger partial charge in [0.15, 0.2) is 5.60 Å². The topological polar surface area (TPSA) is 63.9 Å². The second kappa shape index (κ2) is 9.35. The summed E-state index contributed by atoms with van der Waals surface area (Å²) in [7, 11) is 0. The molecule has 1 fully saturated rings. The van der Waals surface area contributed by atoms with E-state index in [2.05, 4.69) is 18.8 Å². The SMILES string of the molecule is CCC1([C@@](O)(C#CCN(CCO)CCO)c2ccccc2)CCCC1. The third-order valence-electron chi connectivity index (χ3n) is 5.60. The maximum absolute atomic E-state index is 11.7. The minimum Gasteiger partial charge on any atom is -0.395 e. The highest BCUT2D eigenvalue weighted by atomic mass is 16.3. The van der Waals surface area contributed by atoms with E-state index in [0.717, 1.165) is 37.7 Å². The first-order chi connectivity index (χ1) is 12.1. The van der Waals surface area contributed by atoms with Crippen LogP contribution in [0.2, 0.25) is 0 Å². The van der Waals surface area contributed by atoms with Crippen LogP contribution < -0.4 is 0 Å². The molecule has 3 N–H and O–H groups in total. The second-order valence-corrected chi connectivity index (χ2v) is 6.94. The lowest BCUT2D eigenvalue weighted by Crippen LogP contribution is -2.43. The van der Waals surface area contributed by atoms with Crippen molar-refractivity contribution >= 4 is 0 Å². The molecule has 138 valence electrons. The average Bonchev–Trinajstić information content (AvgIpc) is 3.13. The van der Waals surface area contributed by atoms with Gasteiger partial charge in [0, 0.05) is 18.5 Å². The Kier molecular flexibility index (Phi) is 7.46. The molecule has 0 unspecified atom stereocenters. The van der Waals surface area contributed by atoms with Crippen LogP contribution in [-0.2, 0) is 5.60 Å². The average molecular weight is 345 g/mol. The van der Waals surface area contributed by atoms with Crippen LogP contribution in [0.4, 0.5) is 0 Å². The van der Waals surface area contributed by atoms with Crippen LogP contribution in [0.3, 0.4) is 0 Å². The van der Waals surface area contributed by atoms with Gasteiger partial charge in [0.2, 0.25) is 0 Å². The van der Waals surface area contributed by atoms with E-state index < -0.39 is 5.60 Å². The molecule has 4 heteroatoms. The molecule has 0 heterocycles. The Bertz CT molecular complexity index is 566. The van der Waals surface area contributed by atoms with Gasteiger partial charge in [-0.1, -0.05) is 61.9 Å². The molecule has 1 aliphatic carbocycles. The van der Waals surface area contributed by atoms with Gasteiger partial charge in [0.1, 0.15) is 0 Å². The molecule has 0 bridgehead atoms. The van der Waals surface area contributed by atoms with Gasteiger partial charge in [0.05, 0.1) is 19.8 Å². The molecule has 0 saturated heterocycles. The van der Waals surface area contributed by atoms with Crippen molar-refractivity contribution in [2.45, 2.75) is 44.6 Å². The van der Waals surface area contributed by atoms with Crippen LogP contribution in [0.1, 0.15) is 44.6 Å². The van der Waals surface area contributed by atoms with E-state index in [0.29, 0.717) is 19.6 Å². The first-order valence-corrected chi connectivity index (χ1v) is 9.34. The molecule has 25 heavy (non-hydrogen) atoms. The van der Waals surface area contributed by atoms with Crippen molar-refractivity contribution in [2.75, 3.05) is 32.8 Å². The molecular weight excluding hydrogens is 314 g/mol. The number of rotatable bonds is 8. The maximum Gasteiger partial charge on any atom is 0.156 e. The number of aliphatic hydroxyl groups is 3. The lowest BCUT2D eigenvalue weighted by molar-refractivity contribution is -0.0422.